The molecule has 0 spiro atoms. The Hall–Kier alpha value is -3.94. The molecule has 3 N–H and O–H groups in total. The number of hydrogen-bond acceptors (Lipinski definition) is 5. The molecule has 2 amide bonds. The molecule has 1 saturated carbocycles. The fourth-order valence-electron chi connectivity index (χ4n) is 8.03. The van der Waals surface area contributed by atoms with Gasteiger partial charge >= 0.3 is 6.03 Å². The lowest BCUT2D eigenvalue weighted by Gasteiger charge is -2.46. The molecular formula is C42H54N2O5. The lowest BCUT2D eigenvalue weighted by atomic mass is 9.64. The number of amides is 2. The standard InChI is InChI=1S/C42H54N2O5/c1-6-25-44(40(47)43-30(3)32-12-8-7-9-13-32)28-42(48)24-22-38-36-21-15-31(26-34(45)18-14-29(2)11-10-23-41(38,42)4)27-37(36)39(46)33-16-19-35(49-5)20-17-33/h7-9,11-13,15-17,19-21,27,30,34,38,45,48H,6,10,14,18,22-26,28H2,1-5H3,(H,43,47). The van der Waals surface area contributed by atoms with Gasteiger partial charge in [-0.2, -0.15) is 0 Å². The molecule has 1 fully saturated rings. The fraction of sp³-hybridized carbons (Fsp3) is 0.476. The smallest absolute Gasteiger partial charge is 0.317 e. The molecule has 3 aromatic carbocycles. The average Bonchev–Trinajstić information content (AvgIpc) is 3.35. The van der Waals surface area contributed by atoms with Crippen LogP contribution in [0.15, 0.2) is 84.4 Å². The number of allylic oxidation sites excluding steroid dienone is 2. The van der Waals surface area contributed by atoms with Gasteiger partial charge in [-0.3, -0.25) is 4.79 Å². The highest BCUT2D eigenvalue weighted by atomic mass is 16.5. The number of aliphatic hydroxyl groups is 2. The van der Waals surface area contributed by atoms with E-state index in [1.54, 1.807) is 36.3 Å². The number of methoxy groups -OCH3 is 1. The van der Waals surface area contributed by atoms with Crippen molar-refractivity contribution in [3.63, 3.8) is 0 Å². The first kappa shape index (κ1) is 36.3. The molecular weight excluding hydrogens is 612 g/mol. The minimum atomic E-state index is -1.19. The molecule has 5 atom stereocenters. The molecule has 0 aliphatic heterocycles. The minimum absolute atomic E-state index is 0.0866. The summed E-state index contributed by atoms with van der Waals surface area (Å²) in [6.07, 6.45) is 7.01. The average molecular weight is 667 g/mol. The van der Waals surface area contributed by atoms with Crippen molar-refractivity contribution in [3.05, 3.63) is 112 Å². The molecule has 2 bridgehead atoms. The zero-order valence-corrected chi connectivity index (χ0v) is 29.9. The topological polar surface area (TPSA) is 99.1 Å². The molecule has 0 radical (unpaired) electrons. The highest BCUT2D eigenvalue weighted by Crippen LogP contribution is 2.59. The van der Waals surface area contributed by atoms with E-state index < -0.39 is 17.1 Å². The molecule has 6 rings (SSSR count). The van der Waals surface area contributed by atoms with Crippen molar-refractivity contribution in [1.29, 1.82) is 0 Å². The fourth-order valence-corrected chi connectivity index (χ4v) is 8.03. The van der Waals surface area contributed by atoms with E-state index in [1.807, 2.05) is 49.4 Å². The summed E-state index contributed by atoms with van der Waals surface area (Å²) in [4.78, 5) is 29.9. The number of nitrogens with one attached hydrogen (secondary N) is 1. The van der Waals surface area contributed by atoms with Gasteiger partial charge in [-0.05, 0) is 118 Å². The largest absolute Gasteiger partial charge is 0.497 e. The van der Waals surface area contributed by atoms with Gasteiger partial charge in [0.15, 0.2) is 5.78 Å². The van der Waals surface area contributed by atoms with Crippen molar-refractivity contribution in [2.45, 2.75) is 103 Å². The highest BCUT2D eigenvalue weighted by molar-refractivity contribution is 6.10. The molecule has 5 unspecified atom stereocenters. The van der Waals surface area contributed by atoms with Crippen LogP contribution in [0.2, 0.25) is 0 Å². The normalized spacial score (nSPS) is 24.7. The number of benzene rings is 3. The molecule has 49 heavy (non-hydrogen) atoms. The van der Waals surface area contributed by atoms with E-state index in [1.165, 1.54) is 5.57 Å². The molecule has 0 heterocycles. The zero-order chi connectivity index (χ0) is 35.2. The van der Waals surface area contributed by atoms with E-state index in [0.29, 0.717) is 55.5 Å². The second-order valence-corrected chi connectivity index (χ2v) is 14.5. The highest BCUT2D eigenvalue weighted by Gasteiger charge is 2.57. The lowest BCUT2D eigenvalue weighted by Crippen LogP contribution is -2.55. The van der Waals surface area contributed by atoms with Crippen LogP contribution in [0.3, 0.4) is 0 Å². The Morgan fingerprint density at radius 3 is 2.47 bits per heavy atom. The third kappa shape index (κ3) is 8.11. The Labute approximate surface area is 292 Å². The van der Waals surface area contributed by atoms with Crippen molar-refractivity contribution in [3.8, 4) is 5.75 Å². The van der Waals surface area contributed by atoms with Crippen molar-refractivity contribution < 1.29 is 24.5 Å². The molecule has 262 valence electrons. The molecule has 3 aliphatic carbocycles. The van der Waals surface area contributed by atoms with Gasteiger partial charge in [0.25, 0.3) is 0 Å². The summed E-state index contributed by atoms with van der Waals surface area (Å²) in [7, 11) is 1.60. The van der Waals surface area contributed by atoms with Crippen LogP contribution in [0.5, 0.6) is 5.75 Å². The third-order valence-electron chi connectivity index (χ3n) is 11.1. The van der Waals surface area contributed by atoms with Gasteiger partial charge in [-0.1, -0.05) is 68.0 Å². The van der Waals surface area contributed by atoms with Gasteiger partial charge < -0.3 is 25.2 Å². The molecule has 0 aromatic heterocycles. The van der Waals surface area contributed by atoms with Crippen LogP contribution < -0.4 is 10.1 Å². The van der Waals surface area contributed by atoms with Crippen LogP contribution in [0.1, 0.15) is 117 Å². The van der Waals surface area contributed by atoms with E-state index in [2.05, 4.69) is 38.2 Å². The maximum absolute atomic E-state index is 14.3. The van der Waals surface area contributed by atoms with Crippen LogP contribution in [-0.4, -0.2) is 58.8 Å². The number of carbonyl (C=O) groups is 2. The summed E-state index contributed by atoms with van der Waals surface area (Å²) in [5.41, 5.74) is 3.43. The molecule has 3 aromatic rings. The number of ether oxygens (including phenoxy) is 1. The SMILES string of the molecule is CCCN(CC1(O)CCC2c3ccc(cc3C(=O)c3ccc(OC)cc3)CC(O)CCC(C)=CCCC21C)C(=O)NC(C)c1ccccc1. The summed E-state index contributed by atoms with van der Waals surface area (Å²) < 4.78 is 5.34. The molecule has 0 saturated heterocycles. The first-order valence-corrected chi connectivity index (χ1v) is 18.0. The maximum atomic E-state index is 14.3. The Morgan fingerprint density at radius 1 is 1.04 bits per heavy atom. The monoisotopic (exact) mass is 666 g/mol. The van der Waals surface area contributed by atoms with E-state index in [4.69, 9.17) is 4.74 Å². The Balaban J connectivity index is 1.53. The maximum Gasteiger partial charge on any atom is 0.317 e. The number of hydrogen-bond donors (Lipinski definition) is 3. The van der Waals surface area contributed by atoms with Crippen LogP contribution in [0, 0.1) is 5.41 Å². The van der Waals surface area contributed by atoms with E-state index >= 15 is 0 Å². The van der Waals surface area contributed by atoms with Crippen LogP contribution >= 0.6 is 0 Å². The summed E-state index contributed by atoms with van der Waals surface area (Å²) in [5.74, 6) is 0.468. The zero-order valence-electron chi connectivity index (χ0n) is 29.9. The van der Waals surface area contributed by atoms with Crippen LogP contribution in [0.4, 0.5) is 4.79 Å². The number of fused-ring (bicyclic) bond motifs is 8. The van der Waals surface area contributed by atoms with Crippen LogP contribution in [-0.2, 0) is 6.42 Å². The van der Waals surface area contributed by atoms with Gasteiger partial charge in [0, 0.05) is 23.1 Å². The molecule has 3 aliphatic rings. The number of carbonyl (C=O) groups excluding carboxylic acids is 2. The van der Waals surface area contributed by atoms with Crippen molar-refractivity contribution in [1.82, 2.24) is 10.2 Å². The van der Waals surface area contributed by atoms with Gasteiger partial charge in [-0.15, -0.1) is 0 Å². The van der Waals surface area contributed by atoms with Gasteiger partial charge in [0.1, 0.15) is 5.75 Å². The summed E-state index contributed by atoms with van der Waals surface area (Å²) in [6.45, 7) is 9.03. The summed E-state index contributed by atoms with van der Waals surface area (Å²) >= 11 is 0. The number of rotatable bonds is 9. The van der Waals surface area contributed by atoms with Crippen LogP contribution in [0.25, 0.3) is 0 Å². The second-order valence-electron chi connectivity index (χ2n) is 14.5. The lowest BCUT2D eigenvalue weighted by molar-refractivity contribution is -0.0770. The summed E-state index contributed by atoms with van der Waals surface area (Å²) in [5, 5.41) is 26.9. The number of ketones is 1. The van der Waals surface area contributed by atoms with E-state index in [9.17, 15) is 19.8 Å². The Bertz CT molecular complexity index is 1620. The van der Waals surface area contributed by atoms with Crippen molar-refractivity contribution in [2.24, 2.45) is 5.41 Å². The Morgan fingerprint density at radius 2 is 1.78 bits per heavy atom. The summed E-state index contributed by atoms with van der Waals surface area (Å²) in [6, 6.07) is 22.8. The van der Waals surface area contributed by atoms with Gasteiger partial charge in [0.2, 0.25) is 0 Å². The number of aliphatic hydroxyl groups excluding tert-OH is 1. The minimum Gasteiger partial charge on any atom is -0.497 e. The third-order valence-corrected chi connectivity index (χ3v) is 11.1. The predicted octanol–water partition coefficient (Wildman–Crippen LogP) is 8.15. The predicted molar refractivity (Wildman–Crippen MR) is 195 cm³/mol. The van der Waals surface area contributed by atoms with E-state index in [-0.39, 0.29) is 30.3 Å². The molecule has 7 heteroatoms. The van der Waals surface area contributed by atoms with Gasteiger partial charge in [0.05, 0.1) is 31.4 Å². The first-order chi connectivity index (χ1) is 23.5. The van der Waals surface area contributed by atoms with E-state index in [0.717, 1.165) is 36.0 Å². The number of urea groups is 1. The van der Waals surface area contributed by atoms with Gasteiger partial charge in [-0.25, -0.2) is 4.79 Å². The van der Waals surface area contributed by atoms with Crippen molar-refractivity contribution in [2.75, 3.05) is 20.2 Å². The van der Waals surface area contributed by atoms with Crippen molar-refractivity contribution >= 4 is 11.8 Å². The first-order valence-electron chi connectivity index (χ1n) is 18.0. The quantitative estimate of drug-likeness (QED) is 0.158. The second kappa shape index (κ2) is 15.7. The number of nitrogens with zero attached hydrogens (tertiary/aromatic N) is 1. The molecule has 7 nitrogen and oxygen atoms in total. The Kier molecular flexibility index (Phi) is 11.7.